The van der Waals surface area contributed by atoms with Crippen LogP contribution in [0, 0.1) is 5.92 Å². The highest BCUT2D eigenvalue weighted by Gasteiger charge is 2.21. The monoisotopic (exact) mass is 342 g/mol. The number of methoxy groups -OCH3 is 1. The molecule has 5 nitrogen and oxygen atoms in total. The van der Waals surface area contributed by atoms with Gasteiger partial charge in [0.25, 0.3) is 0 Å². The molecule has 0 unspecified atom stereocenters. The third-order valence-corrected chi connectivity index (χ3v) is 4.10. The fraction of sp³-hybridized carbons (Fsp3) is 0.588. The van der Waals surface area contributed by atoms with Crippen LogP contribution in [0.3, 0.4) is 0 Å². The number of nitrogens with one attached hydrogen (secondary N) is 1. The summed E-state index contributed by atoms with van der Waals surface area (Å²) in [6.07, 6.45) is 2.61. The lowest BCUT2D eigenvalue weighted by Crippen LogP contribution is -2.40. The maximum Gasteiger partial charge on any atom is 0.225 e. The molecule has 1 N–H and O–H groups in total. The van der Waals surface area contributed by atoms with E-state index in [0.717, 1.165) is 44.0 Å². The Morgan fingerprint density at radius 1 is 1.22 bits per heavy atom. The normalized spacial score (nSPS) is 15.0. The molecule has 130 valence electrons. The molecule has 0 atom stereocenters. The van der Waals surface area contributed by atoms with Crippen LogP contribution in [0.4, 0.5) is 0 Å². The smallest absolute Gasteiger partial charge is 0.225 e. The van der Waals surface area contributed by atoms with E-state index in [1.807, 2.05) is 36.2 Å². The number of carbonyl (C=O) groups excluding carboxylic acids is 1. The van der Waals surface area contributed by atoms with Gasteiger partial charge in [0.05, 0.1) is 20.1 Å². The summed E-state index contributed by atoms with van der Waals surface area (Å²) in [6.45, 7) is 3.20. The number of ether oxygens (including phenoxy) is 2. The average molecular weight is 343 g/mol. The van der Waals surface area contributed by atoms with E-state index in [9.17, 15) is 4.79 Å². The lowest BCUT2D eigenvalue weighted by molar-refractivity contribution is -0.133. The van der Waals surface area contributed by atoms with E-state index in [2.05, 4.69) is 5.32 Å². The van der Waals surface area contributed by atoms with Crippen molar-refractivity contribution in [1.29, 1.82) is 0 Å². The number of halogens is 1. The minimum atomic E-state index is 0. The maximum absolute atomic E-state index is 12.2. The zero-order valence-corrected chi connectivity index (χ0v) is 14.7. The molecule has 0 aliphatic carbocycles. The van der Waals surface area contributed by atoms with Gasteiger partial charge in [-0.2, -0.15) is 0 Å². The van der Waals surface area contributed by atoms with Crippen molar-refractivity contribution in [3.05, 3.63) is 24.3 Å². The summed E-state index contributed by atoms with van der Waals surface area (Å²) in [5.41, 5.74) is 0. The zero-order chi connectivity index (χ0) is 15.8. The van der Waals surface area contributed by atoms with Gasteiger partial charge in [-0.1, -0.05) is 0 Å². The molecule has 1 amide bonds. The number of amides is 1. The van der Waals surface area contributed by atoms with E-state index in [0.29, 0.717) is 18.9 Å². The molecule has 1 saturated heterocycles. The molecular weight excluding hydrogens is 316 g/mol. The van der Waals surface area contributed by atoms with Crippen LogP contribution < -0.4 is 14.8 Å². The summed E-state index contributed by atoms with van der Waals surface area (Å²) in [6, 6.07) is 7.41. The van der Waals surface area contributed by atoms with Gasteiger partial charge >= 0.3 is 0 Å². The van der Waals surface area contributed by atoms with Gasteiger partial charge in [0, 0.05) is 13.1 Å². The molecule has 6 heteroatoms. The molecule has 2 rings (SSSR count). The van der Waals surface area contributed by atoms with Crippen LogP contribution in [-0.2, 0) is 4.79 Å². The van der Waals surface area contributed by atoms with E-state index in [1.165, 1.54) is 0 Å². The molecule has 0 radical (unpaired) electrons. The Morgan fingerprint density at radius 2 is 1.83 bits per heavy atom. The molecule has 23 heavy (non-hydrogen) atoms. The number of hydrogen-bond donors (Lipinski definition) is 1. The number of hydrogen-bond acceptors (Lipinski definition) is 4. The van der Waals surface area contributed by atoms with Crippen LogP contribution >= 0.6 is 12.4 Å². The van der Waals surface area contributed by atoms with Crippen LogP contribution in [0.25, 0.3) is 0 Å². The van der Waals surface area contributed by atoms with Gasteiger partial charge < -0.3 is 19.7 Å². The fourth-order valence-corrected chi connectivity index (χ4v) is 2.76. The fourth-order valence-electron chi connectivity index (χ4n) is 2.76. The summed E-state index contributed by atoms with van der Waals surface area (Å²) in [4.78, 5) is 14.1. The summed E-state index contributed by atoms with van der Waals surface area (Å²) < 4.78 is 10.7. The summed E-state index contributed by atoms with van der Waals surface area (Å²) in [7, 11) is 3.61. The second-order valence-electron chi connectivity index (χ2n) is 5.66. The van der Waals surface area contributed by atoms with Crippen LogP contribution in [0.15, 0.2) is 24.3 Å². The number of carbonyl (C=O) groups is 1. The van der Waals surface area contributed by atoms with E-state index < -0.39 is 0 Å². The molecule has 0 spiro atoms. The van der Waals surface area contributed by atoms with Crippen molar-refractivity contribution in [3.63, 3.8) is 0 Å². The predicted octanol–water partition coefficient (Wildman–Crippen LogP) is 2.34. The average Bonchev–Trinajstić information content (AvgIpc) is 2.56. The molecular formula is C17H27ClN2O3. The summed E-state index contributed by atoms with van der Waals surface area (Å²) >= 11 is 0. The highest BCUT2D eigenvalue weighted by Crippen LogP contribution is 2.18. The molecule has 1 aliphatic heterocycles. The lowest BCUT2D eigenvalue weighted by atomic mass is 9.97. The Bertz CT molecular complexity index is 459. The third kappa shape index (κ3) is 6.28. The minimum Gasteiger partial charge on any atom is -0.497 e. The second kappa shape index (κ2) is 10.3. The SMILES string of the molecule is CNCC1CCN(C(=O)CCOc2ccc(OC)cc2)CC1.Cl. The molecule has 0 saturated carbocycles. The molecule has 1 aromatic carbocycles. The van der Waals surface area contributed by atoms with E-state index in [1.54, 1.807) is 7.11 Å². The predicted molar refractivity (Wildman–Crippen MR) is 93.6 cm³/mol. The first-order valence-electron chi connectivity index (χ1n) is 7.92. The minimum absolute atomic E-state index is 0. The van der Waals surface area contributed by atoms with Crippen LogP contribution in [0.5, 0.6) is 11.5 Å². The lowest BCUT2D eigenvalue weighted by Gasteiger charge is -2.32. The van der Waals surface area contributed by atoms with E-state index in [4.69, 9.17) is 9.47 Å². The van der Waals surface area contributed by atoms with Gasteiger partial charge in [-0.05, 0) is 56.6 Å². The Kier molecular flexibility index (Phi) is 8.81. The molecule has 1 heterocycles. The topological polar surface area (TPSA) is 50.8 Å². The van der Waals surface area contributed by atoms with Crippen LogP contribution in [0.2, 0.25) is 0 Å². The van der Waals surface area contributed by atoms with Crippen molar-refractivity contribution in [3.8, 4) is 11.5 Å². The number of nitrogens with zero attached hydrogens (tertiary/aromatic N) is 1. The highest BCUT2D eigenvalue weighted by atomic mass is 35.5. The number of benzene rings is 1. The van der Waals surface area contributed by atoms with Crippen molar-refractivity contribution in [2.24, 2.45) is 5.92 Å². The Hall–Kier alpha value is -1.46. The van der Waals surface area contributed by atoms with Gasteiger partial charge in [-0.3, -0.25) is 4.79 Å². The molecule has 0 aromatic heterocycles. The molecule has 0 bridgehead atoms. The van der Waals surface area contributed by atoms with Crippen molar-refractivity contribution in [2.75, 3.05) is 40.4 Å². The summed E-state index contributed by atoms with van der Waals surface area (Å²) in [5.74, 6) is 2.45. The second-order valence-corrected chi connectivity index (χ2v) is 5.66. The molecule has 1 aromatic rings. The largest absolute Gasteiger partial charge is 0.497 e. The summed E-state index contributed by atoms with van der Waals surface area (Å²) in [5, 5.41) is 3.21. The van der Waals surface area contributed by atoms with Crippen molar-refractivity contribution < 1.29 is 14.3 Å². The molecule has 1 fully saturated rings. The van der Waals surface area contributed by atoms with Crippen molar-refractivity contribution in [2.45, 2.75) is 19.3 Å². The first-order chi connectivity index (χ1) is 10.7. The van der Waals surface area contributed by atoms with Crippen molar-refractivity contribution in [1.82, 2.24) is 10.2 Å². The first-order valence-corrected chi connectivity index (χ1v) is 7.92. The Morgan fingerprint density at radius 3 is 2.39 bits per heavy atom. The number of piperidine rings is 1. The van der Waals surface area contributed by atoms with Gasteiger partial charge in [-0.25, -0.2) is 0 Å². The van der Waals surface area contributed by atoms with Gasteiger partial charge in [0.1, 0.15) is 11.5 Å². The van der Waals surface area contributed by atoms with Crippen molar-refractivity contribution >= 4 is 18.3 Å². The zero-order valence-electron chi connectivity index (χ0n) is 13.9. The van der Waals surface area contributed by atoms with Crippen LogP contribution in [0.1, 0.15) is 19.3 Å². The standard InChI is InChI=1S/C17H26N2O3.ClH/c1-18-13-14-7-10-19(11-8-14)17(20)9-12-22-16-5-3-15(21-2)4-6-16;/h3-6,14,18H,7-13H2,1-2H3;1H. The Labute approximate surface area is 144 Å². The third-order valence-electron chi connectivity index (χ3n) is 4.10. The van der Waals surface area contributed by atoms with Gasteiger partial charge in [0.15, 0.2) is 0 Å². The number of likely N-dealkylation sites (tertiary alicyclic amines) is 1. The highest BCUT2D eigenvalue weighted by molar-refractivity contribution is 5.85. The van der Waals surface area contributed by atoms with Crippen LogP contribution in [-0.4, -0.2) is 51.2 Å². The first kappa shape index (κ1) is 19.6. The maximum atomic E-state index is 12.2. The Balaban J connectivity index is 0.00000264. The van der Waals surface area contributed by atoms with E-state index in [-0.39, 0.29) is 18.3 Å². The van der Waals surface area contributed by atoms with Gasteiger partial charge in [-0.15, -0.1) is 12.4 Å². The molecule has 1 aliphatic rings. The quantitative estimate of drug-likeness (QED) is 0.826. The van der Waals surface area contributed by atoms with Gasteiger partial charge in [0.2, 0.25) is 5.91 Å². The van der Waals surface area contributed by atoms with E-state index >= 15 is 0 Å². The number of rotatable bonds is 7.